The van der Waals surface area contributed by atoms with Gasteiger partial charge in [-0.05, 0) is 128 Å². The van der Waals surface area contributed by atoms with Gasteiger partial charge in [0.05, 0.1) is 11.0 Å². The number of aromatic nitrogens is 4. The van der Waals surface area contributed by atoms with Crippen molar-refractivity contribution in [1.82, 2.24) is 19.5 Å². The summed E-state index contributed by atoms with van der Waals surface area (Å²) >= 11 is 0. The van der Waals surface area contributed by atoms with Crippen LogP contribution in [0.2, 0.25) is 0 Å². The summed E-state index contributed by atoms with van der Waals surface area (Å²) in [5, 5.41) is 2.47. The molecule has 0 bridgehead atoms. The first-order chi connectivity index (χ1) is 37.9. The van der Waals surface area contributed by atoms with E-state index < -0.39 is 0 Å². The van der Waals surface area contributed by atoms with Crippen molar-refractivity contribution in [1.29, 1.82) is 0 Å². The summed E-state index contributed by atoms with van der Waals surface area (Å²) in [5.41, 5.74) is 21.2. The number of hydrogen-bond donors (Lipinski definition) is 0. The van der Waals surface area contributed by atoms with Gasteiger partial charge in [-0.1, -0.05) is 214 Å². The van der Waals surface area contributed by atoms with Gasteiger partial charge in [-0.3, -0.25) is 0 Å². The average Bonchev–Trinajstić information content (AvgIpc) is 4.13. The van der Waals surface area contributed by atoms with E-state index in [1.165, 1.54) is 60.8 Å². The Labute approximate surface area is 448 Å². The largest absolute Gasteiger partial charge is 0.310 e. The third kappa shape index (κ3) is 8.08. The van der Waals surface area contributed by atoms with Gasteiger partial charge >= 0.3 is 0 Å². The molecule has 1 aliphatic rings. The molecule has 0 amide bonds. The van der Waals surface area contributed by atoms with Gasteiger partial charge in [0.15, 0.2) is 17.5 Å². The zero-order chi connectivity index (χ0) is 51.5. The normalized spacial score (nSPS) is 12.4. The molecule has 0 aliphatic heterocycles. The van der Waals surface area contributed by atoms with E-state index in [9.17, 15) is 0 Å². The summed E-state index contributed by atoms with van der Waals surface area (Å²) in [6.45, 7) is 4.61. The van der Waals surface area contributed by atoms with Crippen molar-refractivity contribution in [2.75, 3.05) is 4.90 Å². The van der Waals surface area contributed by atoms with Gasteiger partial charge in [-0.2, -0.15) is 0 Å². The monoisotopic (exact) mass is 985 g/mol. The van der Waals surface area contributed by atoms with E-state index in [4.69, 9.17) is 15.0 Å². The van der Waals surface area contributed by atoms with Crippen molar-refractivity contribution >= 4 is 38.9 Å². The molecular weight excluding hydrogens is 935 g/mol. The Kier molecular flexibility index (Phi) is 11.1. The van der Waals surface area contributed by atoms with E-state index in [1.54, 1.807) is 0 Å². The molecular formula is C72H51N5. The summed E-state index contributed by atoms with van der Waals surface area (Å²) in [5.74, 6) is 1.91. The maximum absolute atomic E-state index is 5.33. The second-order valence-electron chi connectivity index (χ2n) is 20.4. The van der Waals surface area contributed by atoms with Crippen molar-refractivity contribution in [2.24, 2.45) is 0 Å². The van der Waals surface area contributed by atoms with E-state index in [-0.39, 0.29) is 5.41 Å². The van der Waals surface area contributed by atoms with Gasteiger partial charge in [0.1, 0.15) is 0 Å². The minimum atomic E-state index is -0.156. The van der Waals surface area contributed by atoms with E-state index >= 15 is 0 Å². The minimum absolute atomic E-state index is 0.156. The number of rotatable bonds is 10. The fourth-order valence-corrected chi connectivity index (χ4v) is 11.6. The third-order valence-electron chi connectivity index (χ3n) is 15.5. The molecule has 364 valence electrons. The summed E-state index contributed by atoms with van der Waals surface area (Å²) in [6, 6.07) is 97.6. The number of benzene rings is 11. The van der Waals surface area contributed by atoms with Crippen LogP contribution in [0.5, 0.6) is 0 Å². The number of para-hydroxylation sites is 2. The minimum Gasteiger partial charge on any atom is -0.310 e. The van der Waals surface area contributed by atoms with Crippen molar-refractivity contribution in [2.45, 2.75) is 19.3 Å². The Morgan fingerprint density at radius 3 is 1.53 bits per heavy atom. The molecule has 1 aliphatic carbocycles. The summed E-state index contributed by atoms with van der Waals surface area (Å²) < 4.78 is 2.36. The van der Waals surface area contributed by atoms with Crippen LogP contribution in [-0.4, -0.2) is 19.5 Å². The van der Waals surface area contributed by atoms with Crippen molar-refractivity contribution in [3.8, 4) is 84.4 Å². The molecule has 0 saturated heterocycles. The zero-order valence-corrected chi connectivity index (χ0v) is 42.7. The number of nitrogens with zero attached hydrogens (tertiary/aromatic N) is 5. The molecule has 0 fully saturated rings. The molecule has 5 heteroatoms. The van der Waals surface area contributed by atoms with Gasteiger partial charge in [0, 0.05) is 55.6 Å². The van der Waals surface area contributed by atoms with Crippen molar-refractivity contribution < 1.29 is 0 Å². The molecule has 0 unspecified atom stereocenters. The first-order valence-electron chi connectivity index (χ1n) is 26.3. The number of fused-ring (bicyclic) bond motifs is 6. The molecule has 5 nitrogen and oxygen atoms in total. The SMILES string of the molecule is CC1(C)c2ccccc2-c2c(-c3nc(-c4ccccc4)nc(-c4cccc(-c5cccc(N(c6ccc(-c7ccccc7)cc6)c6ccc(-c7ccc8c(c7)c7ccccc7n8-c7ccccc7)cc6)c5)c4)n3)cccc21. The van der Waals surface area contributed by atoms with Crippen LogP contribution < -0.4 is 4.90 Å². The lowest BCUT2D eigenvalue weighted by Crippen LogP contribution is -2.14. The van der Waals surface area contributed by atoms with Crippen LogP contribution in [0.15, 0.2) is 273 Å². The molecule has 0 N–H and O–H groups in total. The van der Waals surface area contributed by atoms with Gasteiger partial charge < -0.3 is 9.47 Å². The second kappa shape index (κ2) is 18.8. The maximum Gasteiger partial charge on any atom is 0.164 e. The predicted octanol–water partition coefficient (Wildman–Crippen LogP) is 18.7. The Hall–Kier alpha value is -9.97. The van der Waals surface area contributed by atoms with E-state index in [2.05, 4.69) is 278 Å². The van der Waals surface area contributed by atoms with Crippen molar-refractivity contribution in [3.05, 3.63) is 284 Å². The Morgan fingerprint density at radius 2 is 0.792 bits per heavy atom. The Bertz CT molecular complexity index is 4330. The fraction of sp³-hybridized carbons (Fsp3) is 0.0417. The van der Waals surface area contributed by atoms with Crippen LogP contribution in [0.25, 0.3) is 106 Å². The Morgan fingerprint density at radius 1 is 0.312 bits per heavy atom. The van der Waals surface area contributed by atoms with Gasteiger partial charge in [-0.15, -0.1) is 0 Å². The zero-order valence-electron chi connectivity index (χ0n) is 42.7. The van der Waals surface area contributed by atoms with Crippen LogP contribution >= 0.6 is 0 Å². The predicted molar refractivity (Wildman–Crippen MR) is 319 cm³/mol. The fourth-order valence-electron chi connectivity index (χ4n) is 11.6. The van der Waals surface area contributed by atoms with Gasteiger partial charge in [-0.25, -0.2) is 15.0 Å². The molecule has 0 saturated carbocycles. The van der Waals surface area contributed by atoms with Crippen LogP contribution in [0, 0.1) is 0 Å². The average molecular weight is 986 g/mol. The van der Waals surface area contributed by atoms with E-state index in [1.807, 2.05) is 18.2 Å². The smallest absolute Gasteiger partial charge is 0.164 e. The first kappa shape index (κ1) is 45.6. The highest BCUT2D eigenvalue weighted by Gasteiger charge is 2.37. The quantitative estimate of drug-likeness (QED) is 0.137. The second-order valence-corrected chi connectivity index (χ2v) is 20.4. The van der Waals surface area contributed by atoms with E-state index in [0.29, 0.717) is 17.5 Å². The highest BCUT2D eigenvalue weighted by molar-refractivity contribution is 6.10. The number of anilines is 3. The molecule has 14 rings (SSSR count). The Balaban J connectivity index is 0.849. The summed E-state index contributed by atoms with van der Waals surface area (Å²) in [6.07, 6.45) is 0. The van der Waals surface area contributed by atoms with Crippen LogP contribution in [0.4, 0.5) is 17.1 Å². The third-order valence-corrected chi connectivity index (χ3v) is 15.5. The first-order valence-corrected chi connectivity index (χ1v) is 26.3. The topological polar surface area (TPSA) is 46.8 Å². The van der Waals surface area contributed by atoms with Gasteiger partial charge in [0.25, 0.3) is 0 Å². The molecule has 0 atom stereocenters. The lowest BCUT2D eigenvalue weighted by atomic mass is 9.82. The van der Waals surface area contributed by atoms with Crippen molar-refractivity contribution in [3.63, 3.8) is 0 Å². The highest BCUT2D eigenvalue weighted by atomic mass is 15.1. The lowest BCUT2D eigenvalue weighted by molar-refractivity contribution is 0.660. The van der Waals surface area contributed by atoms with Crippen LogP contribution in [-0.2, 0) is 5.41 Å². The molecule has 0 spiro atoms. The molecule has 2 aromatic heterocycles. The lowest BCUT2D eigenvalue weighted by Gasteiger charge is -2.26. The molecule has 2 heterocycles. The van der Waals surface area contributed by atoms with Crippen LogP contribution in [0.3, 0.4) is 0 Å². The molecule has 0 radical (unpaired) electrons. The summed E-state index contributed by atoms with van der Waals surface area (Å²) in [4.78, 5) is 18.1. The molecule has 13 aromatic rings. The molecule has 11 aromatic carbocycles. The molecule has 77 heavy (non-hydrogen) atoms. The standard InChI is InChI=1S/C72H51N5/c1-72(2)64-32-14-12-30-61(64)68-62(31-18-33-65(68)72)71-74-69(51-21-8-4-9-22-51)73-70(75-71)55-25-16-23-52(45-55)53-24-17-28-59(46-53)76(57-40-35-49(36-41-57)48-19-6-3-7-20-48)58-42-37-50(38-43-58)54-39-44-67-63(47-54)60-29-13-15-34-66(60)77(67)56-26-10-5-11-27-56/h3-47H,1-2H3. The highest BCUT2D eigenvalue weighted by Crippen LogP contribution is 2.52. The summed E-state index contributed by atoms with van der Waals surface area (Å²) in [7, 11) is 0. The number of hydrogen-bond acceptors (Lipinski definition) is 4. The van der Waals surface area contributed by atoms with Gasteiger partial charge in [0.2, 0.25) is 0 Å². The van der Waals surface area contributed by atoms with Crippen LogP contribution in [0.1, 0.15) is 25.0 Å². The maximum atomic E-state index is 5.33. The van der Waals surface area contributed by atoms with E-state index in [0.717, 1.165) is 56.1 Å².